The van der Waals surface area contributed by atoms with Gasteiger partial charge in [-0.05, 0) is 37.5 Å². The van der Waals surface area contributed by atoms with E-state index < -0.39 is 0 Å². The van der Waals surface area contributed by atoms with Crippen molar-refractivity contribution in [1.29, 1.82) is 0 Å². The lowest BCUT2D eigenvalue weighted by molar-refractivity contribution is 0.00333. The summed E-state index contributed by atoms with van der Waals surface area (Å²) in [5.74, 6) is 0.515. The number of aliphatic hydroxyl groups excluding tert-OH is 1. The van der Waals surface area contributed by atoms with Crippen molar-refractivity contribution < 1.29 is 14.3 Å². The van der Waals surface area contributed by atoms with E-state index in [4.69, 9.17) is 4.42 Å². The molecule has 2 unspecified atom stereocenters. The number of nitrogens with one attached hydrogen (secondary N) is 2. The lowest BCUT2D eigenvalue weighted by Crippen LogP contribution is -2.46. The lowest BCUT2D eigenvalue weighted by Gasteiger charge is -2.38. The number of nitrogens with zero attached hydrogens (tertiary/aromatic N) is 1. The highest BCUT2D eigenvalue weighted by molar-refractivity contribution is 5.90. The second-order valence-corrected chi connectivity index (χ2v) is 7.09. The summed E-state index contributed by atoms with van der Waals surface area (Å²) in [4.78, 5) is 16.4. The van der Waals surface area contributed by atoms with Crippen LogP contribution in [0.1, 0.15) is 38.2 Å². The van der Waals surface area contributed by atoms with Crippen molar-refractivity contribution in [3.8, 4) is 11.5 Å². The Labute approximate surface area is 147 Å². The first-order valence-corrected chi connectivity index (χ1v) is 8.71. The fourth-order valence-electron chi connectivity index (χ4n) is 3.29. The molecule has 1 aromatic heterocycles. The summed E-state index contributed by atoms with van der Waals surface area (Å²) in [5.41, 5.74) is 2.21. The van der Waals surface area contributed by atoms with Crippen LogP contribution in [0.25, 0.3) is 11.5 Å². The average Bonchev–Trinajstić information content (AvgIpc) is 3.13. The van der Waals surface area contributed by atoms with Gasteiger partial charge in [-0.2, -0.15) is 0 Å². The number of urea groups is 1. The van der Waals surface area contributed by atoms with E-state index in [2.05, 4.69) is 15.6 Å². The minimum absolute atomic E-state index is 0.259. The number of aromatic nitrogens is 1. The van der Waals surface area contributed by atoms with E-state index in [1.54, 1.807) is 6.20 Å². The third kappa shape index (κ3) is 4.02. The molecule has 1 heterocycles. The van der Waals surface area contributed by atoms with Gasteiger partial charge in [-0.25, -0.2) is 9.78 Å². The summed E-state index contributed by atoms with van der Waals surface area (Å²) < 4.78 is 5.30. The monoisotopic (exact) mass is 343 g/mol. The van der Waals surface area contributed by atoms with Crippen molar-refractivity contribution in [1.82, 2.24) is 10.3 Å². The fourth-order valence-corrected chi connectivity index (χ4v) is 3.29. The third-order valence-corrected chi connectivity index (χ3v) is 5.10. The molecule has 3 N–H and O–H groups in total. The molecule has 0 radical (unpaired) electrons. The maximum Gasteiger partial charge on any atom is 0.319 e. The highest BCUT2D eigenvalue weighted by atomic mass is 16.3. The molecule has 1 saturated carbocycles. The Morgan fingerprint density at radius 1 is 1.44 bits per heavy atom. The van der Waals surface area contributed by atoms with Crippen LogP contribution in [-0.2, 0) is 0 Å². The molecule has 2 amide bonds. The maximum absolute atomic E-state index is 12.3. The van der Waals surface area contributed by atoms with Crippen LogP contribution in [0, 0.1) is 12.3 Å². The van der Waals surface area contributed by atoms with Crippen molar-refractivity contribution in [3.05, 3.63) is 36.2 Å². The Morgan fingerprint density at radius 2 is 2.28 bits per heavy atom. The van der Waals surface area contributed by atoms with Gasteiger partial charge in [0, 0.05) is 23.2 Å². The lowest BCUT2D eigenvalue weighted by atomic mass is 9.73. The van der Waals surface area contributed by atoms with E-state index in [1.807, 2.05) is 32.0 Å². The standard InChI is InChI=1S/C19H25N3O3/c1-13-6-7-14(17-20-9-10-25-17)11-15(13)22-18(24)21-12-19(2)8-4-3-5-16(19)23/h6-7,9-11,16,23H,3-5,8,12H2,1-2H3,(H2,21,22,24). The number of benzene rings is 1. The van der Waals surface area contributed by atoms with Crippen LogP contribution in [0.3, 0.4) is 0 Å². The van der Waals surface area contributed by atoms with Gasteiger partial charge >= 0.3 is 6.03 Å². The van der Waals surface area contributed by atoms with Gasteiger partial charge in [0.1, 0.15) is 6.26 Å². The molecular formula is C19H25N3O3. The molecule has 0 aliphatic heterocycles. The van der Waals surface area contributed by atoms with Gasteiger partial charge < -0.3 is 20.2 Å². The van der Waals surface area contributed by atoms with Crippen molar-refractivity contribution >= 4 is 11.7 Å². The minimum Gasteiger partial charge on any atom is -0.445 e. The van der Waals surface area contributed by atoms with Crippen LogP contribution < -0.4 is 10.6 Å². The number of hydrogen-bond donors (Lipinski definition) is 3. The topological polar surface area (TPSA) is 87.4 Å². The first-order valence-electron chi connectivity index (χ1n) is 8.71. The fraction of sp³-hybridized carbons (Fsp3) is 0.474. The molecule has 134 valence electrons. The molecule has 6 heteroatoms. The van der Waals surface area contributed by atoms with Crippen LogP contribution in [0.15, 0.2) is 35.1 Å². The normalized spacial score (nSPS) is 23.2. The number of hydrogen-bond acceptors (Lipinski definition) is 4. The summed E-state index contributed by atoms with van der Waals surface area (Å²) in [6, 6.07) is 5.40. The van der Waals surface area contributed by atoms with Crippen LogP contribution >= 0.6 is 0 Å². The van der Waals surface area contributed by atoms with Crippen LogP contribution in [0.4, 0.5) is 10.5 Å². The first kappa shape index (κ1) is 17.5. The quantitative estimate of drug-likeness (QED) is 0.790. The Hall–Kier alpha value is -2.34. The summed E-state index contributed by atoms with van der Waals surface area (Å²) in [6.45, 7) is 4.42. The van der Waals surface area contributed by atoms with Crippen LogP contribution in [0.5, 0.6) is 0 Å². The molecule has 2 aromatic rings. The van der Waals surface area contributed by atoms with Crippen molar-refractivity contribution in [2.75, 3.05) is 11.9 Å². The molecule has 0 spiro atoms. The molecule has 6 nitrogen and oxygen atoms in total. The number of rotatable bonds is 4. The van der Waals surface area contributed by atoms with Gasteiger partial charge in [-0.3, -0.25) is 0 Å². The highest BCUT2D eigenvalue weighted by Gasteiger charge is 2.35. The van der Waals surface area contributed by atoms with E-state index in [0.29, 0.717) is 18.1 Å². The van der Waals surface area contributed by atoms with Gasteiger partial charge in [0.05, 0.1) is 12.3 Å². The van der Waals surface area contributed by atoms with Crippen molar-refractivity contribution in [3.63, 3.8) is 0 Å². The highest BCUT2D eigenvalue weighted by Crippen LogP contribution is 2.35. The van der Waals surface area contributed by atoms with E-state index in [9.17, 15) is 9.90 Å². The molecule has 1 aromatic carbocycles. The number of carbonyl (C=O) groups is 1. The third-order valence-electron chi connectivity index (χ3n) is 5.10. The molecular weight excluding hydrogens is 318 g/mol. The van der Waals surface area contributed by atoms with E-state index in [-0.39, 0.29) is 17.6 Å². The average molecular weight is 343 g/mol. The molecule has 3 rings (SSSR count). The molecule has 1 aliphatic carbocycles. The Bertz CT molecular complexity index is 730. The SMILES string of the molecule is Cc1ccc(-c2ncco2)cc1NC(=O)NCC1(C)CCCCC1O. The first-order chi connectivity index (χ1) is 12.0. The Morgan fingerprint density at radius 3 is 3.00 bits per heavy atom. The second kappa shape index (κ2) is 7.27. The Balaban J connectivity index is 1.64. The number of oxazole rings is 1. The van der Waals surface area contributed by atoms with Crippen molar-refractivity contribution in [2.24, 2.45) is 5.41 Å². The zero-order valence-corrected chi connectivity index (χ0v) is 14.7. The second-order valence-electron chi connectivity index (χ2n) is 7.09. The predicted molar refractivity (Wildman–Crippen MR) is 96.3 cm³/mol. The molecule has 0 saturated heterocycles. The summed E-state index contributed by atoms with van der Waals surface area (Å²) in [6.07, 6.45) is 6.61. The van der Waals surface area contributed by atoms with E-state index in [1.165, 1.54) is 6.26 Å². The molecule has 1 aliphatic rings. The molecule has 25 heavy (non-hydrogen) atoms. The number of aliphatic hydroxyl groups is 1. The molecule has 2 atom stereocenters. The van der Waals surface area contributed by atoms with E-state index in [0.717, 1.165) is 36.8 Å². The predicted octanol–water partition coefficient (Wildman–Crippen LogP) is 3.71. The number of aryl methyl sites for hydroxylation is 1. The zero-order chi connectivity index (χ0) is 17.9. The summed E-state index contributed by atoms with van der Waals surface area (Å²) in [5, 5.41) is 16.0. The maximum atomic E-state index is 12.3. The summed E-state index contributed by atoms with van der Waals surface area (Å²) >= 11 is 0. The van der Waals surface area contributed by atoms with Gasteiger partial charge in [-0.1, -0.05) is 25.8 Å². The summed E-state index contributed by atoms with van der Waals surface area (Å²) in [7, 11) is 0. The zero-order valence-electron chi connectivity index (χ0n) is 14.7. The van der Waals surface area contributed by atoms with Gasteiger partial charge in [-0.15, -0.1) is 0 Å². The molecule has 1 fully saturated rings. The van der Waals surface area contributed by atoms with Gasteiger partial charge in [0.2, 0.25) is 5.89 Å². The van der Waals surface area contributed by atoms with Crippen molar-refractivity contribution in [2.45, 2.75) is 45.6 Å². The largest absolute Gasteiger partial charge is 0.445 e. The number of carbonyl (C=O) groups excluding carboxylic acids is 1. The smallest absolute Gasteiger partial charge is 0.319 e. The van der Waals surface area contributed by atoms with E-state index >= 15 is 0 Å². The number of amides is 2. The van der Waals surface area contributed by atoms with Gasteiger partial charge in [0.25, 0.3) is 0 Å². The van der Waals surface area contributed by atoms with Crippen LogP contribution in [0.2, 0.25) is 0 Å². The number of anilines is 1. The molecule has 0 bridgehead atoms. The van der Waals surface area contributed by atoms with Gasteiger partial charge in [0.15, 0.2) is 0 Å². The van der Waals surface area contributed by atoms with Crippen LogP contribution in [-0.4, -0.2) is 28.8 Å². The minimum atomic E-state index is -0.364. The Kier molecular flexibility index (Phi) is 5.08.